The topological polar surface area (TPSA) is 31.2 Å². The van der Waals surface area contributed by atoms with Crippen molar-refractivity contribution in [3.8, 4) is 0 Å². The molecule has 0 N–H and O–H groups in total. The third kappa shape index (κ3) is 2.64. The third-order valence-corrected chi connectivity index (χ3v) is 4.47. The fourth-order valence-electron chi connectivity index (χ4n) is 2.81. The summed E-state index contributed by atoms with van der Waals surface area (Å²) in [6.45, 7) is 3.10. The molecule has 1 aromatic heterocycles. The van der Waals surface area contributed by atoms with Gasteiger partial charge in [-0.05, 0) is 36.8 Å². The van der Waals surface area contributed by atoms with Gasteiger partial charge < -0.3 is 8.75 Å². The first-order valence-corrected chi connectivity index (χ1v) is 8.26. The van der Waals surface area contributed by atoms with Crippen molar-refractivity contribution in [2.45, 2.75) is 31.2 Å². The normalized spacial score (nSPS) is 11.4. The van der Waals surface area contributed by atoms with Gasteiger partial charge in [-0.3, -0.25) is 4.79 Å². The molecule has 0 aliphatic rings. The Morgan fingerprint density at radius 2 is 1.86 bits per heavy atom. The SMILES string of the molecule is CCCCn1c2ccccc2c(=O)c2cc(SOC)ccc21. The summed E-state index contributed by atoms with van der Waals surface area (Å²) in [6, 6.07) is 13.8. The van der Waals surface area contributed by atoms with E-state index in [1.54, 1.807) is 7.11 Å². The average molecular weight is 313 g/mol. The highest BCUT2D eigenvalue weighted by atomic mass is 32.2. The van der Waals surface area contributed by atoms with Crippen molar-refractivity contribution in [1.29, 1.82) is 0 Å². The molecule has 22 heavy (non-hydrogen) atoms. The molecule has 3 rings (SSSR count). The van der Waals surface area contributed by atoms with Gasteiger partial charge in [0.15, 0.2) is 5.43 Å². The van der Waals surface area contributed by atoms with Crippen LogP contribution in [0.1, 0.15) is 19.8 Å². The molecule has 0 amide bonds. The van der Waals surface area contributed by atoms with Crippen molar-refractivity contribution < 1.29 is 4.18 Å². The Balaban J connectivity index is 2.35. The van der Waals surface area contributed by atoms with Crippen molar-refractivity contribution in [3.63, 3.8) is 0 Å². The highest BCUT2D eigenvalue weighted by molar-refractivity contribution is 7.94. The molecule has 114 valence electrons. The van der Waals surface area contributed by atoms with Crippen LogP contribution < -0.4 is 5.43 Å². The minimum Gasteiger partial charge on any atom is -0.340 e. The van der Waals surface area contributed by atoms with E-state index in [4.69, 9.17) is 4.18 Å². The maximum atomic E-state index is 12.8. The number of hydrogen-bond acceptors (Lipinski definition) is 3. The first-order chi connectivity index (χ1) is 10.8. The van der Waals surface area contributed by atoms with Gasteiger partial charge in [0.25, 0.3) is 0 Å². The molecule has 4 heteroatoms. The molecular formula is C18H19NO2S. The van der Waals surface area contributed by atoms with E-state index in [0.717, 1.165) is 46.1 Å². The van der Waals surface area contributed by atoms with E-state index in [0.29, 0.717) is 0 Å². The van der Waals surface area contributed by atoms with Gasteiger partial charge in [0.1, 0.15) is 0 Å². The van der Waals surface area contributed by atoms with Crippen LogP contribution in [0.25, 0.3) is 21.8 Å². The van der Waals surface area contributed by atoms with Crippen LogP contribution in [0, 0.1) is 0 Å². The van der Waals surface area contributed by atoms with Gasteiger partial charge in [-0.2, -0.15) is 0 Å². The largest absolute Gasteiger partial charge is 0.340 e. The van der Waals surface area contributed by atoms with Crippen LogP contribution in [-0.2, 0) is 10.7 Å². The number of rotatable bonds is 5. The number of nitrogens with zero attached hydrogens (tertiary/aromatic N) is 1. The molecule has 3 nitrogen and oxygen atoms in total. The molecule has 0 saturated carbocycles. The quantitative estimate of drug-likeness (QED) is 0.509. The Morgan fingerprint density at radius 3 is 2.64 bits per heavy atom. The molecule has 0 saturated heterocycles. The minimum atomic E-state index is 0.0944. The van der Waals surface area contributed by atoms with Gasteiger partial charge in [-0.25, -0.2) is 0 Å². The van der Waals surface area contributed by atoms with Crippen molar-refractivity contribution in [2.24, 2.45) is 0 Å². The monoisotopic (exact) mass is 313 g/mol. The van der Waals surface area contributed by atoms with Gasteiger partial charge in [-0.15, -0.1) is 0 Å². The van der Waals surface area contributed by atoms with Gasteiger partial charge >= 0.3 is 0 Å². The van der Waals surface area contributed by atoms with Gasteiger partial charge in [0, 0.05) is 34.3 Å². The molecule has 0 fully saturated rings. The Bertz CT molecular complexity index is 870. The molecule has 3 aromatic rings. The van der Waals surface area contributed by atoms with Gasteiger partial charge in [0.2, 0.25) is 0 Å². The van der Waals surface area contributed by atoms with Crippen molar-refractivity contribution in [2.75, 3.05) is 7.11 Å². The van der Waals surface area contributed by atoms with Gasteiger partial charge in [-0.1, -0.05) is 25.5 Å². The summed E-state index contributed by atoms with van der Waals surface area (Å²) in [5.41, 5.74) is 2.11. The van der Waals surface area contributed by atoms with E-state index in [-0.39, 0.29) is 5.43 Å². The molecule has 0 bridgehead atoms. The van der Waals surface area contributed by atoms with Crippen LogP contribution in [0.15, 0.2) is 52.2 Å². The standard InChI is InChI=1S/C18H19NO2S/c1-3-4-11-19-16-8-6-5-7-14(16)18(20)15-12-13(22-21-2)9-10-17(15)19/h5-10,12H,3-4,11H2,1-2H3. The zero-order valence-electron chi connectivity index (χ0n) is 12.8. The van der Waals surface area contributed by atoms with Crippen LogP contribution in [0.2, 0.25) is 0 Å². The maximum absolute atomic E-state index is 12.8. The number of para-hydroxylation sites is 1. The predicted octanol–water partition coefficient (Wildman–Crippen LogP) is 4.61. The average Bonchev–Trinajstić information content (AvgIpc) is 2.55. The maximum Gasteiger partial charge on any atom is 0.197 e. The summed E-state index contributed by atoms with van der Waals surface area (Å²) < 4.78 is 7.37. The summed E-state index contributed by atoms with van der Waals surface area (Å²) >= 11 is 1.28. The lowest BCUT2D eigenvalue weighted by atomic mass is 10.1. The summed E-state index contributed by atoms with van der Waals surface area (Å²) in [7, 11) is 1.63. The summed E-state index contributed by atoms with van der Waals surface area (Å²) in [5.74, 6) is 0. The number of unbranched alkanes of at least 4 members (excludes halogenated alkanes) is 1. The predicted molar refractivity (Wildman–Crippen MR) is 93.5 cm³/mol. The third-order valence-electron chi connectivity index (χ3n) is 3.86. The lowest BCUT2D eigenvalue weighted by Gasteiger charge is -2.15. The fraction of sp³-hybridized carbons (Fsp3) is 0.278. The highest BCUT2D eigenvalue weighted by Gasteiger charge is 2.11. The number of fused-ring (bicyclic) bond motifs is 2. The summed E-state index contributed by atoms with van der Waals surface area (Å²) in [4.78, 5) is 13.8. The van der Waals surface area contributed by atoms with Crippen LogP contribution in [0.3, 0.4) is 0 Å². The lowest BCUT2D eigenvalue weighted by Crippen LogP contribution is -2.11. The number of aryl methyl sites for hydroxylation is 1. The van der Waals surface area contributed by atoms with Crippen molar-refractivity contribution >= 4 is 33.8 Å². The van der Waals surface area contributed by atoms with Gasteiger partial charge in [0.05, 0.1) is 18.1 Å². The fourth-order valence-corrected chi connectivity index (χ4v) is 3.30. The Labute approximate surface area is 134 Å². The van der Waals surface area contributed by atoms with Crippen LogP contribution in [0.4, 0.5) is 0 Å². The highest BCUT2D eigenvalue weighted by Crippen LogP contribution is 2.25. The molecule has 0 aliphatic carbocycles. The Hall–Kier alpha value is -1.78. The first-order valence-electron chi connectivity index (χ1n) is 7.52. The van der Waals surface area contributed by atoms with Crippen molar-refractivity contribution in [3.05, 3.63) is 52.7 Å². The molecule has 0 unspecified atom stereocenters. The second-order valence-corrected chi connectivity index (χ2v) is 6.25. The molecule has 1 heterocycles. The van der Waals surface area contributed by atoms with Crippen LogP contribution in [-0.4, -0.2) is 11.7 Å². The first kappa shape index (κ1) is 15.1. The molecule has 0 radical (unpaired) electrons. The zero-order valence-corrected chi connectivity index (χ0v) is 13.7. The van der Waals surface area contributed by atoms with Crippen LogP contribution in [0.5, 0.6) is 0 Å². The minimum absolute atomic E-state index is 0.0944. The van der Waals surface area contributed by atoms with Crippen LogP contribution >= 0.6 is 12.0 Å². The summed E-state index contributed by atoms with van der Waals surface area (Å²) in [6.07, 6.45) is 2.22. The van der Waals surface area contributed by atoms with E-state index in [2.05, 4.69) is 11.5 Å². The van der Waals surface area contributed by atoms with E-state index in [1.165, 1.54) is 12.0 Å². The molecular weight excluding hydrogens is 294 g/mol. The zero-order chi connectivity index (χ0) is 15.5. The summed E-state index contributed by atoms with van der Waals surface area (Å²) in [5, 5.41) is 1.54. The molecule has 0 atom stereocenters. The molecule has 2 aromatic carbocycles. The second-order valence-electron chi connectivity index (χ2n) is 5.28. The number of benzene rings is 2. The van der Waals surface area contributed by atoms with E-state index in [1.807, 2.05) is 42.5 Å². The smallest absolute Gasteiger partial charge is 0.197 e. The number of hydrogen-bond donors (Lipinski definition) is 0. The Morgan fingerprint density at radius 1 is 1.09 bits per heavy atom. The number of pyridine rings is 1. The van der Waals surface area contributed by atoms with Crippen molar-refractivity contribution in [1.82, 2.24) is 4.57 Å². The molecule has 0 spiro atoms. The van der Waals surface area contributed by atoms with E-state index < -0.39 is 0 Å². The lowest BCUT2D eigenvalue weighted by molar-refractivity contribution is 0.490. The second kappa shape index (κ2) is 6.55. The Kier molecular flexibility index (Phi) is 4.50. The van der Waals surface area contributed by atoms with E-state index in [9.17, 15) is 4.79 Å². The van der Waals surface area contributed by atoms with E-state index >= 15 is 0 Å². The molecule has 0 aliphatic heterocycles. The number of aromatic nitrogens is 1.